The summed E-state index contributed by atoms with van der Waals surface area (Å²) in [6, 6.07) is 7.16. The lowest BCUT2D eigenvalue weighted by Crippen LogP contribution is -2.55. The van der Waals surface area contributed by atoms with Crippen molar-refractivity contribution < 1.29 is 23.9 Å². The van der Waals surface area contributed by atoms with E-state index in [0.717, 1.165) is 16.1 Å². The number of ketones is 1. The van der Waals surface area contributed by atoms with Crippen LogP contribution in [-0.4, -0.2) is 51.9 Å². The zero-order valence-corrected chi connectivity index (χ0v) is 19.3. The Morgan fingerprint density at radius 1 is 1.21 bits per heavy atom. The number of carbonyl (C=O) groups excluding carboxylic acids is 4. The van der Waals surface area contributed by atoms with Crippen LogP contribution in [0.25, 0.3) is 0 Å². The fourth-order valence-electron chi connectivity index (χ4n) is 3.38. The van der Waals surface area contributed by atoms with Gasteiger partial charge in [0, 0.05) is 13.0 Å². The summed E-state index contributed by atoms with van der Waals surface area (Å²) < 4.78 is 9.15. The first-order chi connectivity index (χ1) is 15.8. The summed E-state index contributed by atoms with van der Waals surface area (Å²) in [4.78, 5) is 51.1. The molecule has 3 amide bonds. The van der Waals surface area contributed by atoms with Crippen molar-refractivity contribution in [2.75, 3.05) is 6.54 Å². The van der Waals surface area contributed by atoms with E-state index in [1.165, 1.54) is 11.5 Å². The zero-order chi connectivity index (χ0) is 23.8. The molecule has 0 radical (unpaired) electrons. The van der Waals surface area contributed by atoms with Crippen molar-refractivity contribution in [3.63, 3.8) is 0 Å². The second-order valence-electron chi connectivity index (χ2n) is 8.04. The number of benzene rings is 1. The van der Waals surface area contributed by atoms with E-state index in [0.29, 0.717) is 12.8 Å². The molecule has 0 fully saturated rings. The number of Topliss-reactive ketones (excluding diaryl/α,β-unsaturated/α-hetero) is 1. The van der Waals surface area contributed by atoms with Crippen LogP contribution < -0.4 is 16.0 Å². The highest BCUT2D eigenvalue weighted by molar-refractivity contribution is 7.05. The highest BCUT2D eigenvalue weighted by atomic mass is 32.1. The molecule has 11 heteroatoms. The van der Waals surface area contributed by atoms with Crippen LogP contribution in [0.15, 0.2) is 30.3 Å². The minimum atomic E-state index is -1.05. The first kappa shape index (κ1) is 24.3. The first-order valence-corrected chi connectivity index (χ1v) is 11.5. The van der Waals surface area contributed by atoms with Crippen molar-refractivity contribution in [3.05, 3.63) is 46.5 Å². The van der Waals surface area contributed by atoms with E-state index in [1.54, 1.807) is 13.8 Å². The van der Waals surface area contributed by atoms with Gasteiger partial charge in [0.2, 0.25) is 11.7 Å². The molecule has 1 aliphatic rings. The van der Waals surface area contributed by atoms with Gasteiger partial charge in [-0.2, -0.15) is 0 Å². The lowest BCUT2D eigenvalue weighted by Gasteiger charge is -2.25. The van der Waals surface area contributed by atoms with Gasteiger partial charge in [-0.1, -0.05) is 48.7 Å². The Morgan fingerprint density at radius 3 is 2.70 bits per heavy atom. The molecule has 0 aliphatic carbocycles. The summed E-state index contributed by atoms with van der Waals surface area (Å²) in [7, 11) is 0. The normalized spacial score (nSPS) is 17.5. The fourth-order valence-corrected chi connectivity index (χ4v) is 4.06. The van der Waals surface area contributed by atoms with Gasteiger partial charge in [0.25, 0.3) is 5.91 Å². The predicted octanol–water partition coefficient (Wildman–Crippen LogP) is 1.15. The number of hydrogen-bond acceptors (Lipinski definition) is 8. The highest BCUT2D eigenvalue weighted by Crippen LogP contribution is 2.16. The smallest absolute Gasteiger partial charge is 0.408 e. The average Bonchev–Trinajstić information content (AvgIpc) is 3.25. The Labute approximate surface area is 195 Å². The SMILES string of the molecule is CC(C)C(NC(=O)OCc1ccccc1)C(=O)NC1CCc2nnsc2CCNC(=O)C1=O. The summed E-state index contributed by atoms with van der Waals surface area (Å²) in [6.45, 7) is 3.86. The Hall–Kier alpha value is -3.34. The summed E-state index contributed by atoms with van der Waals surface area (Å²) in [6.07, 6.45) is 0.392. The number of hydrogen-bond donors (Lipinski definition) is 3. The summed E-state index contributed by atoms with van der Waals surface area (Å²) in [5.41, 5.74) is 1.57. The van der Waals surface area contributed by atoms with E-state index in [1.807, 2.05) is 30.3 Å². The summed E-state index contributed by atoms with van der Waals surface area (Å²) in [5.74, 6) is -2.34. The molecule has 0 bridgehead atoms. The van der Waals surface area contributed by atoms with Gasteiger partial charge in [-0.05, 0) is 35.9 Å². The molecule has 0 spiro atoms. The van der Waals surface area contributed by atoms with Crippen LogP contribution in [0.1, 0.15) is 36.4 Å². The summed E-state index contributed by atoms with van der Waals surface area (Å²) >= 11 is 1.25. The van der Waals surface area contributed by atoms with E-state index in [4.69, 9.17) is 4.74 Å². The number of amides is 3. The molecule has 2 heterocycles. The van der Waals surface area contributed by atoms with Gasteiger partial charge in [0.15, 0.2) is 0 Å². The van der Waals surface area contributed by atoms with Gasteiger partial charge in [0.05, 0.1) is 16.6 Å². The molecule has 2 unspecified atom stereocenters. The minimum Gasteiger partial charge on any atom is -0.445 e. The van der Waals surface area contributed by atoms with Crippen LogP contribution in [0.5, 0.6) is 0 Å². The van der Waals surface area contributed by atoms with Crippen molar-refractivity contribution in [3.8, 4) is 0 Å². The molecule has 33 heavy (non-hydrogen) atoms. The van der Waals surface area contributed by atoms with Gasteiger partial charge in [-0.25, -0.2) is 4.79 Å². The van der Waals surface area contributed by atoms with E-state index >= 15 is 0 Å². The van der Waals surface area contributed by atoms with Crippen LogP contribution in [0.3, 0.4) is 0 Å². The Balaban J connectivity index is 1.64. The third-order valence-corrected chi connectivity index (χ3v) is 6.06. The van der Waals surface area contributed by atoms with Gasteiger partial charge in [-0.3, -0.25) is 14.4 Å². The van der Waals surface area contributed by atoms with E-state index in [-0.39, 0.29) is 25.5 Å². The topological polar surface area (TPSA) is 139 Å². The van der Waals surface area contributed by atoms with E-state index in [2.05, 4.69) is 25.5 Å². The molecular formula is C22H27N5O5S. The van der Waals surface area contributed by atoms with Crippen molar-refractivity contribution in [2.45, 2.75) is 51.8 Å². The second kappa shape index (κ2) is 11.5. The van der Waals surface area contributed by atoms with Crippen LogP contribution in [-0.2, 0) is 38.6 Å². The number of alkyl carbamates (subject to hydrolysis) is 1. The van der Waals surface area contributed by atoms with Crippen LogP contribution >= 0.6 is 11.5 Å². The molecule has 1 aromatic heterocycles. The van der Waals surface area contributed by atoms with Crippen LogP contribution in [0.2, 0.25) is 0 Å². The van der Waals surface area contributed by atoms with Gasteiger partial charge in [-0.15, -0.1) is 5.10 Å². The monoisotopic (exact) mass is 473 g/mol. The molecular weight excluding hydrogens is 446 g/mol. The number of aryl methyl sites for hydroxylation is 1. The standard InChI is InChI=1S/C22H27N5O5S/c1-13(2)18(25-22(31)32-12-14-6-4-3-5-7-14)20(29)24-16-9-8-15-17(33-27-26-15)10-11-23-21(30)19(16)28/h3-7,13,16,18H,8-12H2,1-2H3,(H,23,30)(H,24,29)(H,25,31). The van der Waals surface area contributed by atoms with Crippen molar-refractivity contribution >= 4 is 35.2 Å². The molecule has 1 aromatic carbocycles. The molecule has 176 valence electrons. The van der Waals surface area contributed by atoms with Gasteiger partial charge in [0.1, 0.15) is 12.6 Å². The molecule has 10 nitrogen and oxygen atoms in total. The lowest BCUT2D eigenvalue weighted by molar-refractivity contribution is -0.140. The Bertz CT molecular complexity index is 994. The number of nitrogens with one attached hydrogen (secondary N) is 3. The number of carbonyl (C=O) groups is 4. The summed E-state index contributed by atoms with van der Waals surface area (Å²) in [5, 5.41) is 11.9. The van der Waals surface area contributed by atoms with Gasteiger partial charge >= 0.3 is 6.09 Å². The molecule has 0 saturated heterocycles. The maximum absolute atomic E-state index is 13.0. The average molecular weight is 474 g/mol. The van der Waals surface area contributed by atoms with Gasteiger partial charge < -0.3 is 20.7 Å². The predicted molar refractivity (Wildman–Crippen MR) is 120 cm³/mol. The molecule has 2 aromatic rings. The molecule has 1 aliphatic heterocycles. The largest absolute Gasteiger partial charge is 0.445 e. The maximum Gasteiger partial charge on any atom is 0.408 e. The zero-order valence-electron chi connectivity index (χ0n) is 18.5. The first-order valence-electron chi connectivity index (χ1n) is 10.7. The Kier molecular flexibility index (Phi) is 8.47. The lowest BCUT2D eigenvalue weighted by atomic mass is 9.99. The molecule has 3 rings (SSSR count). The number of nitrogens with zero attached hydrogens (tertiary/aromatic N) is 2. The second-order valence-corrected chi connectivity index (χ2v) is 8.88. The highest BCUT2D eigenvalue weighted by Gasteiger charge is 2.32. The van der Waals surface area contributed by atoms with Crippen LogP contribution in [0.4, 0.5) is 4.79 Å². The van der Waals surface area contributed by atoms with Crippen molar-refractivity contribution in [2.24, 2.45) is 5.92 Å². The van der Waals surface area contributed by atoms with E-state index in [9.17, 15) is 19.2 Å². The van der Waals surface area contributed by atoms with Crippen molar-refractivity contribution in [1.29, 1.82) is 0 Å². The maximum atomic E-state index is 13.0. The molecule has 3 N–H and O–H groups in total. The molecule has 2 atom stereocenters. The number of aromatic nitrogens is 2. The van der Waals surface area contributed by atoms with Crippen molar-refractivity contribution in [1.82, 2.24) is 25.5 Å². The van der Waals surface area contributed by atoms with E-state index < -0.39 is 35.8 Å². The number of fused-ring (bicyclic) bond motifs is 1. The third kappa shape index (κ3) is 6.82. The quantitative estimate of drug-likeness (QED) is 0.535. The third-order valence-electron chi connectivity index (χ3n) is 5.23. The number of rotatable bonds is 6. The minimum absolute atomic E-state index is 0.0599. The molecule has 0 saturated carbocycles. The Morgan fingerprint density at radius 2 is 1.97 bits per heavy atom. The van der Waals surface area contributed by atoms with Crippen LogP contribution in [0, 0.1) is 5.92 Å². The number of ether oxygens (including phenoxy) is 1. The fraction of sp³-hybridized carbons (Fsp3) is 0.455.